The maximum Gasteiger partial charge on any atom is 0.449 e. The van der Waals surface area contributed by atoms with Crippen molar-refractivity contribution in [3.05, 3.63) is 79.1 Å². The summed E-state index contributed by atoms with van der Waals surface area (Å²) in [6.07, 6.45) is -2.27. The van der Waals surface area contributed by atoms with E-state index in [4.69, 9.17) is 6.57 Å². The Kier molecular flexibility index (Phi) is 15.0. The lowest BCUT2D eigenvalue weighted by Crippen LogP contribution is -2.15. The van der Waals surface area contributed by atoms with Gasteiger partial charge in [-0.2, -0.15) is 30.6 Å². The fourth-order valence-electron chi connectivity index (χ4n) is 2.13. The largest absolute Gasteiger partial charge is 0.449 e. The second kappa shape index (κ2) is 16.5. The van der Waals surface area contributed by atoms with Gasteiger partial charge in [0.05, 0.1) is 11.3 Å². The number of H-pyrrole nitrogens is 1. The van der Waals surface area contributed by atoms with E-state index in [2.05, 4.69) is 32.8 Å². The standard InChI is InChI=1S/C10H5FN4O2S.C9H9F3.C2H6S.C2H6/c1-12-8-7(18-4-14-8)10(17)15-5-2-6(11)9(16)13-3-5;1-2-7-3-5-8(6-4-7)9(10,11)12;1-2-3;1-2/h1-4H,(H-,13,15,16,17);3-6H,2H2,1H3;3H,2H2,1H3;1-2H3/p+1. The number of anilines is 1. The molecule has 0 bridgehead atoms. The van der Waals surface area contributed by atoms with Crippen molar-refractivity contribution in [3.8, 4) is 6.57 Å². The van der Waals surface area contributed by atoms with Crippen LogP contribution in [0.4, 0.5) is 29.1 Å². The molecular weight excluding hydrogens is 504 g/mol. The predicted octanol–water partition coefficient (Wildman–Crippen LogP) is 7.05. The Balaban J connectivity index is 0.000000589. The van der Waals surface area contributed by atoms with Gasteiger partial charge in [-0.3, -0.25) is 9.59 Å². The first-order valence-electron chi connectivity index (χ1n) is 10.4. The molecule has 2 N–H and O–H groups in total. The van der Waals surface area contributed by atoms with Gasteiger partial charge in [0.1, 0.15) is 6.57 Å². The molecule has 0 aliphatic rings. The molecule has 0 radical (unpaired) electrons. The number of aryl methyl sites for hydroxylation is 1. The minimum Gasteiger partial charge on any atom is -0.325 e. The van der Waals surface area contributed by atoms with Crippen LogP contribution >= 0.6 is 24.0 Å². The number of amides is 1. The molecule has 0 saturated heterocycles. The van der Waals surface area contributed by atoms with Crippen molar-refractivity contribution in [1.29, 1.82) is 0 Å². The van der Waals surface area contributed by atoms with Crippen LogP contribution in [0.1, 0.15) is 48.5 Å². The molecular formula is C23H27F4N4O2S2+. The molecule has 0 atom stereocenters. The van der Waals surface area contributed by atoms with Gasteiger partial charge in [-0.1, -0.05) is 51.2 Å². The van der Waals surface area contributed by atoms with E-state index in [0.717, 1.165) is 47.3 Å². The third-order valence-electron chi connectivity index (χ3n) is 3.68. The van der Waals surface area contributed by atoms with Gasteiger partial charge in [0.2, 0.25) is 4.88 Å². The van der Waals surface area contributed by atoms with Crippen LogP contribution in [0.3, 0.4) is 0 Å². The smallest absolute Gasteiger partial charge is 0.325 e. The maximum atomic E-state index is 13.0. The molecule has 12 heteroatoms. The molecule has 1 amide bonds. The van der Waals surface area contributed by atoms with Crippen molar-refractivity contribution in [2.75, 3.05) is 11.1 Å². The van der Waals surface area contributed by atoms with E-state index in [1.165, 1.54) is 23.8 Å². The molecule has 0 spiro atoms. The summed E-state index contributed by atoms with van der Waals surface area (Å²) in [5, 5.41) is 2.39. The summed E-state index contributed by atoms with van der Waals surface area (Å²) in [6.45, 7) is 12.9. The molecule has 0 saturated carbocycles. The highest BCUT2D eigenvalue weighted by Crippen LogP contribution is 2.29. The SMILES string of the molecule is C#[N+]c1ncsc1C(=O)Nc1c[nH]c(=O)c(F)c1.CC.CCS.CCc1ccc(C(F)(F)F)cc1. The Morgan fingerprint density at radius 1 is 1.23 bits per heavy atom. The predicted molar refractivity (Wildman–Crippen MR) is 137 cm³/mol. The molecule has 0 aliphatic heterocycles. The lowest BCUT2D eigenvalue weighted by molar-refractivity contribution is -0.137. The summed E-state index contributed by atoms with van der Waals surface area (Å²) in [5.41, 5.74) is 1.01. The lowest BCUT2D eigenvalue weighted by Gasteiger charge is -2.06. The first kappa shape index (κ1) is 31.8. The lowest BCUT2D eigenvalue weighted by atomic mass is 10.1. The number of benzene rings is 1. The number of aromatic amines is 1. The summed E-state index contributed by atoms with van der Waals surface area (Å²) in [6, 6.07) is 6.14. The van der Waals surface area contributed by atoms with Crippen LogP contribution in [0.15, 0.2) is 46.8 Å². The van der Waals surface area contributed by atoms with Crippen LogP contribution in [-0.2, 0) is 12.6 Å². The van der Waals surface area contributed by atoms with Gasteiger partial charge in [0.25, 0.3) is 11.5 Å². The molecule has 2 aromatic heterocycles. The summed E-state index contributed by atoms with van der Waals surface area (Å²) in [5.74, 6) is -0.476. The molecule has 6 nitrogen and oxygen atoms in total. The average molecular weight is 532 g/mol. The topological polar surface area (TPSA) is 79.2 Å². The van der Waals surface area contributed by atoms with Crippen molar-refractivity contribution < 1.29 is 22.4 Å². The molecule has 0 unspecified atom stereocenters. The van der Waals surface area contributed by atoms with Gasteiger partial charge < -0.3 is 10.3 Å². The molecule has 0 fully saturated rings. The molecule has 35 heavy (non-hydrogen) atoms. The van der Waals surface area contributed by atoms with Crippen LogP contribution in [0.5, 0.6) is 0 Å². The number of carbonyl (C=O) groups excluding carboxylic acids is 1. The molecule has 2 heterocycles. The zero-order chi connectivity index (χ0) is 27.0. The average Bonchev–Trinajstić information content (AvgIpc) is 3.32. The van der Waals surface area contributed by atoms with Crippen molar-refractivity contribution >= 4 is 41.4 Å². The number of carbonyl (C=O) groups is 1. The van der Waals surface area contributed by atoms with Crippen LogP contribution in [-0.4, -0.2) is 21.6 Å². The van der Waals surface area contributed by atoms with Crippen molar-refractivity contribution in [1.82, 2.24) is 9.97 Å². The van der Waals surface area contributed by atoms with Crippen molar-refractivity contribution in [3.63, 3.8) is 0 Å². The molecule has 3 rings (SSSR count). The third kappa shape index (κ3) is 11.2. The number of thiazole rings is 1. The number of halogens is 4. The summed E-state index contributed by atoms with van der Waals surface area (Å²) < 4.78 is 49.0. The number of aromatic nitrogens is 2. The Morgan fingerprint density at radius 3 is 2.26 bits per heavy atom. The number of pyridine rings is 1. The van der Waals surface area contributed by atoms with E-state index in [1.807, 2.05) is 27.7 Å². The van der Waals surface area contributed by atoms with E-state index in [0.29, 0.717) is 0 Å². The highest BCUT2D eigenvalue weighted by atomic mass is 32.1. The summed E-state index contributed by atoms with van der Waals surface area (Å²) >= 11 is 4.83. The second-order valence-corrected chi connectivity index (χ2v) is 7.51. The van der Waals surface area contributed by atoms with E-state index in [9.17, 15) is 27.2 Å². The minimum absolute atomic E-state index is 0.0994. The first-order valence-corrected chi connectivity index (χ1v) is 11.9. The summed E-state index contributed by atoms with van der Waals surface area (Å²) in [4.78, 5) is 32.0. The normalized spacial score (nSPS) is 9.71. The fraction of sp³-hybridized carbons (Fsp3) is 0.304. The van der Waals surface area contributed by atoms with Crippen LogP contribution in [0.25, 0.3) is 4.85 Å². The molecule has 190 valence electrons. The van der Waals surface area contributed by atoms with Gasteiger partial charge in [0.15, 0.2) is 11.3 Å². The van der Waals surface area contributed by atoms with Crippen LogP contribution in [0, 0.1) is 12.4 Å². The number of nitrogens with zero attached hydrogens (tertiary/aromatic N) is 2. The minimum atomic E-state index is -4.22. The monoisotopic (exact) mass is 531 g/mol. The van der Waals surface area contributed by atoms with Crippen LogP contribution < -0.4 is 10.9 Å². The van der Waals surface area contributed by atoms with E-state index < -0.39 is 29.0 Å². The Hall–Kier alpha value is -3.17. The van der Waals surface area contributed by atoms with Crippen molar-refractivity contribution in [2.45, 2.75) is 40.3 Å². The fourth-order valence-corrected chi connectivity index (χ4v) is 2.76. The summed E-state index contributed by atoms with van der Waals surface area (Å²) in [7, 11) is 0. The Morgan fingerprint density at radius 2 is 1.80 bits per heavy atom. The van der Waals surface area contributed by atoms with Crippen molar-refractivity contribution in [2.24, 2.45) is 0 Å². The van der Waals surface area contributed by atoms with Gasteiger partial charge in [-0.15, -0.1) is 0 Å². The second-order valence-electron chi connectivity index (χ2n) is 6.02. The number of hydrogen-bond acceptors (Lipinski definition) is 5. The van der Waals surface area contributed by atoms with Gasteiger partial charge >= 0.3 is 12.0 Å². The first-order chi connectivity index (χ1) is 16.6. The number of nitrogens with one attached hydrogen (secondary N) is 2. The quantitative estimate of drug-likeness (QED) is 0.250. The van der Waals surface area contributed by atoms with Crippen LogP contribution in [0.2, 0.25) is 0 Å². The van der Waals surface area contributed by atoms with Gasteiger partial charge in [0, 0.05) is 12.3 Å². The third-order valence-corrected chi connectivity index (χ3v) is 4.50. The van der Waals surface area contributed by atoms with E-state index in [-0.39, 0.29) is 16.4 Å². The van der Waals surface area contributed by atoms with E-state index >= 15 is 0 Å². The number of thiol groups is 1. The van der Waals surface area contributed by atoms with Gasteiger partial charge in [-0.25, -0.2) is 4.39 Å². The van der Waals surface area contributed by atoms with Gasteiger partial charge in [-0.05, 0) is 34.9 Å². The molecule has 1 aromatic carbocycles. The zero-order valence-corrected chi connectivity index (χ0v) is 21.3. The highest BCUT2D eigenvalue weighted by molar-refractivity contribution is 7.80. The number of alkyl halides is 3. The number of hydrogen-bond donors (Lipinski definition) is 3. The molecule has 0 aliphatic carbocycles. The Labute approximate surface area is 210 Å². The maximum absolute atomic E-state index is 13.0. The van der Waals surface area contributed by atoms with E-state index in [1.54, 1.807) is 0 Å². The Bertz CT molecular complexity index is 1140. The zero-order valence-electron chi connectivity index (χ0n) is 19.6. The highest BCUT2D eigenvalue weighted by Gasteiger charge is 2.29. The molecule has 3 aromatic rings. The number of rotatable bonds is 3.